The van der Waals surface area contributed by atoms with E-state index in [1.165, 1.54) is 0 Å². The van der Waals surface area contributed by atoms with E-state index in [0.717, 1.165) is 38.6 Å². The van der Waals surface area contributed by atoms with E-state index in [1.54, 1.807) is 4.90 Å². The van der Waals surface area contributed by atoms with Crippen LogP contribution in [0, 0.1) is 5.92 Å². The molecule has 2 fully saturated rings. The van der Waals surface area contributed by atoms with Crippen molar-refractivity contribution in [2.45, 2.75) is 64.5 Å². The zero-order chi connectivity index (χ0) is 14.7. The summed E-state index contributed by atoms with van der Waals surface area (Å²) in [5.41, 5.74) is 0. The van der Waals surface area contributed by atoms with Gasteiger partial charge in [-0.25, -0.2) is 9.59 Å². The molecule has 114 valence electrons. The normalized spacial score (nSPS) is 27.8. The zero-order valence-corrected chi connectivity index (χ0v) is 12.5. The molecule has 2 atom stereocenters. The molecule has 0 aromatic heterocycles. The van der Waals surface area contributed by atoms with Crippen LogP contribution in [-0.2, 0) is 4.79 Å². The molecule has 2 amide bonds. The molecule has 5 nitrogen and oxygen atoms in total. The van der Waals surface area contributed by atoms with Crippen molar-refractivity contribution < 1.29 is 14.7 Å². The van der Waals surface area contributed by atoms with Gasteiger partial charge >= 0.3 is 12.0 Å². The Hall–Kier alpha value is -1.26. The van der Waals surface area contributed by atoms with E-state index in [2.05, 4.69) is 13.8 Å². The third kappa shape index (κ3) is 3.07. The number of carbonyl (C=O) groups is 2. The van der Waals surface area contributed by atoms with E-state index in [0.29, 0.717) is 18.9 Å². The summed E-state index contributed by atoms with van der Waals surface area (Å²) in [6.45, 7) is 5.61. The second kappa shape index (κ2) is 6.46. The van der Waals surface area contributed by atoms with E-state index in [-0.39, 0.29) is 12.1 Å². The summed E-state index contributed by atoms with van der Waals surface area (Å²) in [5, 5.41) is 9.39. The molecule has 0 saturated carbocycles. The summed E-state index contributed by atoms with van der Waals surface area (Å²) in [6, 6.07) is -0.436. The number of likely N-dealkylation sites (tertiary alicyclic amines) is 2. The lowest BCUT2D eigenvalue weighted by atomic mass is 10.0. The second-order valence-corrected chi connectivity index (χ2v) is 6.33. The van der Waals surface area contributed by atoms with Crippen molar-refractivity contribution in [2.75, 3.05) is 13.1 Å². The van der Waals surface area contributed by atoms with Gasteiger partial charge in [-0.1, -0.05) is 26.7 Å². The Morgan fingerprint density at radius 3 is 2.35 bits per heavy atom. The van der Waals surface area contributed by atoms with Crippen LogP contribution in [0.5, 0.6) is 0 Å². The second-order valence-electron chi connectivity index (χ2n) is 6.33. The van der Waals surface area contributed by atoms with Crippen molar-refractivity contribution in [2.24, 2.45) is 5.92 Å². The van der Waals surface area contributed by atoms with Crippen LogP contribution in [0.1, 0.15) is 52.4 Å². The number of nitrogens with zero attached hydrogens (tertiary/aromatic N) is 2. The van der Waals surface area contributed by atoms with Gasteiger partial charge in [-0.3, -0.25) is 0 Å². The molecule has 2 unspecified atom stereocenters. The van der Waals surface area contributed by atoms with Crippen LogP contribution < -0.4 is 0 Å². The third-order valence-electron chi connectivity index (χ3n) is 4.60. The number of carbonyl (C=O) groups excluding carboxylic acids is 1. The van der Waals surface area contributed by atoms with E-state index >= 15 is 0 Å². The average Bonchev–Trinajstić information content (AvgIpc) is 2.75. The van der Waals surface area contributed by atoms with Crippen LogP contribution in [0.25, 0.3) is 0 Å². The summed E-state index contributed by atoms with van der Waals surface area (Å²) in [7, 11) is 0. The minimum Gasteiger partial charge on any atom is -0.480 e. The van der Waals surface area contributed by atoms with Crippen molar-refractivity contribution in [3.8, 4) is 0 Å². The number of aliphatic carboxylic acids is 1. The Balaban J connectivity index is 2.14. The van der Waals surface area contributed by atoms with Crippen LogP contribution in [0.15, 0.2) is 0 Å². The molecule has 0 aromatic carbocycles. The molecule has 0 bridgehead atoms. The maximum absolute atomic E-state index is 12.8. The number of hydrogen-bond donors (Lipinski definition) is 1. The van der Waals surface area contributed by atoms with Crippen LogP contribution >= 0.6 is 0 Å². The highest BCUT2D eigenvalue weighted by Gasteiger charge is 2.38. The van der Waals surface area contributed by atoms with Crippen molar-refractivity contribution in [1.82, 2.24) is 9.80 Å². The molecule has 1 N–H and O–H groups in total. The monoisotopic (exact) mass is 282 g/mol. The molecule has 2 aliphatic heterocycles. The molecule has 2 rings (SSSR count). The van der Waals surface area contributed by atoms with Crippen molar-refractivity contribution in [3.05, 3.63) is 0 Å². The fraction of sp³-hybridized carbons (Fsp3) is 0.867. The molecular weight excluding hydrogens is 256 g/mol. The van der Waals surface area contributed by atoms with E-state index in [4.69, 9.17) is 0 Å². The Labute approximate surface area is 120 Å². The molecule has 0 radical (unpaired) electrons. The van der Waals surface area contributed by atoms with E-state index < -0.39 is 12.0 Å². The third-order valence-corrected chi connectivity index (χ3v) is 4.60. The highest BCUT2D eigenvalue weighted by Crippen LogP contribution is 2.27. The maximum atomic E-state index is 12.8. The smallest absolute Gasteiger partial charge is 0.326 e. The van der Waals surface area contributed by atoms with Gasteiger partial charge in [0.2, 0.25) is 0 Å². The van der Waals surface area contributed by atoms with Crippen LogP contribution in [0.2, 0.25) is 0 Å². The van der Waals surface area contributed by atoms with E-state index in [9.17, 15) is 14.7 Å². The lowest BCUT2D eigenvalue weighted by Gasteiger charge is -2.35. The first-order valence-electron chi connectivity index (χ1n) is 7.82. The molecule has 0 aliphatic carbocycles. The van der Waals surface area contributed by atoms with Gasteiger partial charge in [0.05, 0.1) is 0 Å². The molecule has 2 saturated heterocycles. The summed E-state index contributed by atoms with van der Waals surface area (Å²) >= 11 is 0. The Morgan fingerprint density at radius 2 is 1.70 bits per heavy atom. The first-order valence-corrected chi connectivity index (χ1v) is 7.82. The summed E-state index contributed by atoms with van der Waals surface area (Å²) in [6.07, 6.45) is 5.47. The number of urea groups is 1. The van der Waals surface area contributed by atoms with Crippen LogP contribution in [-0.4, -0.2) is 52.1 Å². The van der Waals surface area contributed by atoms with Gasteiger partial charge in [-0.15, -0.1) is 0 Å². The van der Waals surface area contributed by atoms with Crippen LogP contribution in [0.4, 0.5) is 4.79 Å². The number of rotatable bonds is 2. The molecular formula is C15H26N2O3. The first-order chi connectivity index (χ1) is 9.52. The average molecular weight is 282 g/mol. The molecule has 2 heterocycles. The lowest BCUT2D eigenvalue weighted by Crippen LogP contribution is -2.52. The standard InChI is InChI=1S/C15H26N2O3/c1-11(2)12-8-6-10-16(12)15(20)17-9-5-3-4-7-13(17)14(18)19/h11-13H,3-10H2,1-2H3,(H,18,19). The Bertz CT molecular complexity index is 370. The zero-order valence-electron chi connectivity index (χ0n) is 12.5. The SMILES string of the molecule is CC(C)C1CCCN1C(=O)N1CCCCCC1C(=O)O. The molecule has 2 aliphatic rings. The predicted octanol–water partition coefficient (Wildman–Crippen LogP) is 2.56. The molecule has 5 heteroatoms. The largest absolute Gasteiger partial charge is 0.480 e. The summed E-state index contributed by atoms with van der Waals surface area (Å²) in [5.74, 6) is -0.433. The highest BCUT2D eigenvalue weighted by atomic mass is 16.4. The lowest BCUT2D eigenvalue weighted by molar-refractivity contribution is -0.142. The number of carboxylic acid groups (broad SMARTS) is 1. The quantitative estimate of drug-likeness (QED) is 0.846. The maximum Gasteiger partial charge on any atom is 0.326 e. The number of amides is 2. The number of hydrogen-bond acceptors (Lipinski definition) is 2. The summed E-state index contributed by atoms with van der Waals surface area (Å²) < 4.78 is 0. The number of carboxylic acids is 1. The molecule has 0 aromatic rings. The van der Waals surface area contributed by atoms with Crippen molar-refractivity contribution in [1.29, 1.82) is 0 Å². The topological polar surface area (TPSA) is 60.9 Å². The molecule has 0 spiro atoms. The highest BCUT2D eigenvalue weighted by molar-refractivity contribution is 5.83. The fourth-order valence-electron chi connectivity index (χ4n) is 3.48. The van der Waals surface area contributed by atoms with Gasteiger partial charge in [0.15, 0.2) is 0 Å². The Morgan fingerprint density at radius 1 is 1.00 bits per heavy atom. The van der Waals surface area contributed by atoms with Gasteiger partial charge in [0.1, 0.15) is 6.04 Å². The van der Waals surface area contributed by atoms with Crippen molar-refractivity contribution >= 4 is 12.0 Å². The van der Waals surface area contributed by atoms with Gasteiger partial charge in [0.25, 0.3) is 0 Å². The van der Waals surface area contributed by atoms with E-state index in [1.807, 2.05) is 4.90 Å². The minimum absolute atomic E-state index is 0.0597. The fourth-order valence-corrected chi connectivity index (χ4v) is 3.48. The van der Waals surface area contributed by atoms with Gasteiger partial charge in [0, 0.05) is 19.1 Å². The minimum atomic E-state index is -0.861. The first kappa shape index (κ1) is 15.1. The van der Waals surface area contributed by atoms with Crippen LogP contribution in [0.3, 0.4) is 0 Å². The molecule has 20 heavy (non-hydrogen) atoms. The van der Waals surface area contributed by atoms with Gasteiger partial charge < -0.3 is 14.9 Å². The van der Waals surface area contributed by atoms with Gasteiger partial charge in [-0.05, 0) is 31.6 Å². The predicted molar refractivity (Wildman–Crippen MR) is 76.6 cm³/mol. The summed E-state index contributed by atoms with van der Waals surface area (Å²) in [4.78, 5) is 27.7. The van der Waals surface area contributed by atoms with Gasteiger partial charge in [-0.2, -0.15) is 0 Å². The Kier molecular flexibility index (Phi) is 4.89. The van der Waals surface area contributed by atoms with Crippen molar-refractivity contribution in [3.63, 3.8) is 0 Å².